The van der Waals surface area contributed by atoms with Gasteiger partial charge in [0.05, 0.1) is 12.2 Å². The summed E-state index contributed by atoms with van der Waals surface area (Å²) in [5, 5.41) is 9.20. The number of nitrogens with zero attached hydrogens (tertiary/aromatic N) is 2. The Morgan fingerprint density at radius 1 is 1.53 bits per heavy atom. The molecule has 0 saturated carbocycles. The van der Waals surface area contributed by atoms with Crippen LogP contribution in [0.25, 0.3) is 0 Å². The number of ether oxygens (including phenoxy) is 1. The van der Waals surface area contributed by atoms with Gasteiger partial charge in [-0.3, -0.25) is 0 Å². The molecule has 0 aromatic carbocycles. The first-order valence-corrected chi connectivity index (χ1v) is 5.72. The maximum atomic E-state index is 11.2. The van der Waals surface area contributed by atoms with Crippen LogP contribution in [0.3, 0.4) is 0 Å². The Morgan fingerprint density at radius 3 is 2.71 bits per heavy atom. The Balaban J connectivity index is 2.47. The highest BCUT2D eigenvalue weighted by Gasteiger charge is 2.32. The van der Waals surface area contributed by atoms with Gasteiger partial charge in [0.25, 0.3) is 0 Å². The fourth-order valence-electron chi connectivity index (χ4n) is 2.13. The molecule has 0 fully saturated rings. The minimum atomic E-state index is -0.952. The van der Waals surface area contributed by atoms with Gasteiger partial charge >= 0.3 is 5.97 Å². The molecule has 1 unspecified atom stereocenters. The lowest BCUT2D eigenvalue weighted by molar-refractivity contribution is 0.0673. The van der Waals surface area contributed by atoms with E-state index >= 15 is 0 Å². The Kier molecular flexibility index (Phi) is 2.77. The highest BCUT2D eigenvalue weighted by Crippen LogP contribution is 2.38. The Bertz CT molecular complexity index is 451. The van der Waals surface area contributed by atoms with Gasteiger partial charge in [0.2, 0.25) is 0 Å². The summed E-state index contributed by atoms with van der Waals surface area (Å²) in [5.41, 5.74) is 1.07. The molecule has 2 heterocycles. The summed E-state index contributed by atoms with van der Waals surface area (Å²) in [5.74, 6) is -0.105. The van der Waals surface area contributed by atoms with Crippen LogP contribution in [0.5, 0.6) is 5.75 Å². The van der Waals surface area contributed by atoms with Gasteiger partial charge in [-0.1, -0.05) is 13.8 Å². The van der Waals surface area contributed by atoms with Gasteiger partial charge in [-0.15, -0.1) is 0 Å². The lowest BCUT2D eigenvalue weighted by Crippen LogP contribution is -2.40. The molecule has 0 spiro atoms. The fourth-order valence-corrected chi connectivity index (χ4v) is 2.13. The third kappa shape index (κ3) is 1.85. The topological polar surface area (TPSA) is 54.7 Å². The lowest BCUT2D eigenvalue weighted by atomic mass is 10.1. The number of fused-ring (bicyclic) bond motifs is 1. The largest absolute Gasteiger partial charge is 0.484 e. The van der Waals surface area contributed by atoms with E-state index in [9.17, 15) is 9.90 Å². The van der Waals surface area contributed by atoms with Crippen LogP contribution < -0.4 is 9.64 Å². The molecule has 0 bridgehead atoms. The first kappa shape index (κ1) is 11.8. The van der Waals surface area contributed by atoms with Gasteiger partial charge in [0.1, 0.15) is 6.10 Å². The number of hydrogen-bond donors (Lipinski definition) is 1. The van der Waals surface area contributed by atoms with Gasteiger partial charge in [-0.25, -0.2) is 4.79 Å². The van der Waals surface area contributed by atoms with Gasteiger partial charge in [-0.05, 0) is 5.92 Å². The monoisotopic (exact) mass is 238 g/mol. The zero-order valence-corrected chi connectivity index (χ0v) is 10.6. The molecule has 5 heteroatoms. The number of likely N-dealkylation sites (N-methyl/N-ethyl adjacent to an activating group) is 1. The van der Waals surface area contributed by atoms with Crippen LogP contribution >= 0.6 is 0 Å². The first-order chi connectivity index (χ1) is 7.91. The Hall–Kier alpha value is -1.65. The third-order valence-corrected chi connectivity index (χ3v) is 3.20. The molecule has 0 radical (unpaired) electrons. The number of aryl methyl sites for hydroxylation is 1. The van der Waals surface area contributed by atoms with E-state index in [2.05, 4.69) is 18.7 Å². The molecule has 1 aliphatic rings. The summed E-state index contributed by atoms with van der Waals surface area (Å²) in [6.07, 6.45) is 1.84. The van der Waals surface area contributed by atoms with E-state index in [1.807, 2.05) is 7.05 Å². The van der Waals surface area contributed by atoms with E-state index in [-0.39, 0.29) is 11.8 Å². The summed E-state index contributed by atoms with van der Waals surface area (Å²) < 4.78 is 7.44. The molecule has 1 aliphatic heterocycles. The molecule has 94 valence electrons. The quantitative estimate of drug-likeness (QED) is 0.849. The van der Waals surface area contributed by atoms with Crippen LogP contribution in [0.1, 0.15) is 24.3 Å². The van der Waals surface area contributed by atoms with E-state index < -0.39 is 5.97 Å². The standard InChI is InChI=1S/C12H18N2O3/c1-7(2)9-6-13(3)8-5-14(4)10(12(15)16)11(8)17-9/h5,7,9H,6H2,1-4H3,(H,15,16). The van der Waals surface area contributed by atoms with Crippen molar-refractivity contribution in [3.05, 3.63) is 11.9 Å². The average molecular weight is 238 g/mol. The van der Waals surface area contributed by atoms with E-state index in [1.165, 1.54) is 0 Å². The maximum absolute atomic E-state index is 11.2. The summed E-state index contributed by atoms with van der Waals surface area (Å²) in [6.45, 7) is 4.94. The number of aromatic nitrogens is 1. The maximum Gasteiger partial charge on any atom is 0.356 e. The number of anilines is 1. The van der Waals surface area contributed by atoms with Crippen molar-refractivity contribution in [2.24, 2.45) is 13.0 Å². The smallest absolute Gasteiger partial charge is 0.356 e. The Morgan fingerprint density at radius 2 is 2.18 bits per heavy atom. The van der Waals surface area contributed by atoms with Crippen LogP contribution in [0, 0.1) is 5.92 Å². The highest BCUT2D eigenvalue weighted by molar-refractivity contribution is 5.92. The molecular formula is C12H18N2O3. The molecule has 0 aliphatic carbocycles. The van der Waals surface area contributed by atoms with Crippen molar-refractivity contribution in [3.8, 4) is 5.75 Å². The van der Waals surface area contributed by atoms with Gasteiger partial charge in [0.15, 0.2) is 11.4 Å². The summed E-state index contributed by atoms with van der Waals surface area (Å²) >= 11 is 0. The number of carboxylic acid groups (broad SMARTS) is 1. The van der Waals surface area contributed by atoms with Crippen molar-refractivity contribution >= 4 is 11.7 Å². The number of rotatable bonds is 2. The van der Waals surface area contributed by atoms with Crippen LogP contribution in [0.4, 0.5) is 5.69 Å². The normalized spacial score (nSPS) is 19.1. The Labute approximate surface area is 101 Å². The number of hydrogen-bond acceptors (Lipinski definition) is 3. The number of carbonyl (C=O) groups is 1. The van der Waals surface area contributed by atoms with Crippen molar-refractivity contribution in [2.75, 3.05) is 18.5 Å². The van der Waals surface area contributed by atoms with Gasteiger partial charge < -0.3 is 19.3 Å². The molecular weight excluding hydrogens is 220 g/mol. The predicted molar refractivity (Wildman–Crippen MR) is 64.9 cm³/mol. The van der Waals surface area contributed by atoms with E-state index in [0.29, 0.717) is 11.7 Å². The zero-order valence-electron chi connectivity index (χ0n) is 10.6. The van der Waals surface area contributed by atoms with Crippen LogP contribution in [0.15, 0.2) is 6.20 Å². The third-order valence-electron chi connectivity index (χ3n) is 3.20. The van der Waals surface area contributed by atoms with Crippen molar-refractivity contribution in [2.45, 2.75) is 20.0 Å². The molecule has 0 amide bonds. The molecule has 1 aromatic heterocycles. The number of aromatic carboxylic acids is 1. The molecule has 0 saturated heterocycles. The second-order valence-corrected chi connectivity index (χ2v) is 4.89. The average Bonchev–Trinajstić information content (AvgIpc) is 2.54. The van der Waals surface area contributed by atoms with Crippen molar-refractivity contribution in [1.29, 1.82) is 0 Å². The molecule has 1 aromatic rings. The van der Waals surface area contributed by atoms with E-state index in [1.54, 1.807) is 17.8 Å². The summed E-state index contributed by atoms with van der Waals surface area (Å²) in [6, 6.07) is 0. The van der Waals surface area contributed by atoms with Crippen LogP contribution in [0.2, 0.25) is 0 Å². The molecule has 5 nitrogen and oxygen atoms in total. The van der Waals surface area contributed by atoms with Crippen molar-refractivity contribution < 1.29 is 14.6 Å². The minimum absolute atomic E-state index is 0.0352. The molecule has 17 heavy (non-hydrogen) atoms. The SMILES string of the molecule is CC(C)C1CN(C)c2cn(C)c(C(=O)O)c2O1. The van der Waals surface area contributed by atoms with E-state index in [4.69, 9.17) is 4.74 Å². The van der Waals surface area contributed by atoms with Crippen LogP contribution in [-0.2, 0) is 7.05 Å². The van der Waals surface area contributed by atoms with Gasteiger partial charge in [-0.2, -0.15) is 0 Å². The molecule has 1 atom stereocenters. The van der Waals surface area contributed by atoms with Crippen LogP contribution in [-0.4, -0.2) is 35.3 Å². The minimum Gasteiger partial charge on any atom is -0.484 e. The highest BCUT2D eigenvalue weighted by atomic mass is 16.5. The lowest BCUT2D eigenvalue weighted by Gasteiger charge is -2.34. The predicted octanol–water partition coefficient (Wildman–Crippen LogP) is 1.58. The summed E-state index contributed by atoms with van der Waals surface area (Å²) in [4.78, 5) is 13.3. The van der Waals surface area contributed by atoms with Crippen molar-refractivity contribution in [3.63, 3.8) is 0 Å². The summed E-state index contributed by atoms with van der Waals surface area (Å²) in [7, 11) is 3.69. The van der Waals surface area contributed by atoms with E-state index in [0.717, 1.165) is 12.2 Å². The molecule has 1 N–H and O–H groups in total. The fraction of sp³-hybridized carbons (Fsp3) is 0.583. The second kappa shape index (κ2) is 3.98. The number of carboxylic acids is 1. The van der Waals surface area contributed by atoms with Gasteiger partial charge in [0, 0.05) is 20.3 Å². The van der Waals surface area contributed by atoms with Crippen molar-refractivity contribution in [1.82, 2.24) is 4.57 Å². The second-order valence-electron chi connectivity index (χ2n) is 4.89. The first-order valence-electron chi connectivity index (χ1n) is 5.72. The zero-order chi connectivity index (χ0) is 12.7. The molecule has 2 rings (SSSR count).